The van der Waals surface area contributed by atoms with Crippen LogP contribution in [0.25, 0.3) is 0 Å². The maximum absolute atomic E-state index is 5.22. The summed E-state index contributed by atoms with van der Waals surface area (Å²) in [6.45, 7) is 5.21. The zero-order valence-electron chi connectivity index (χ0n) is 10.6. The van der Waals surface area contributed by atoms with Gasteiger partial charge in [-0.15, -0.1) is 0 Å². The van der Waals surface area contributed by atoms with Crippen LogP contribution in [0.4, 0.5) is 5.69 Å². The van der Waals surface area contributed by atoms with Crippen molar-refractivity contribution in [2.75, 3.05) is 25.1 Å². The van der Waals surface area contributed by atoms with Gasteiger partial charge in [0.2, 0.25) is 0 Å². The molecule has 1 aromatic rings. The first-order valence-corrected chi connectivity index (χ1v) is 6.39. The second-order valence-corrected chi connectivity index (χ2v) is 5.17. The topological polar surface area (TPSA) is 24.5 Å². The van der Waals surface area contributed by atoms with Crippen molar-refractivity contribution in [2.24, 2.45) is 0 Å². The van der Waals surface area contributed by atoms with Gasteiger partial charge < -0.3 is 15.0 Å². The fourth-order valence-electron chi connectivity index (χ4n) is 3.15. The molecular formula is C14H20N2O. The minimum atomic E-state index is 0.591. The van der Waals surface area contributed by atoms with Crippen LogP contribution in [-0.4, -0.2) is 32.3 Å². The molecule has 0 aromatic heterocycles. The van der Waals surface area contributed by atoms with Crippen molar-refractivity contribution in [3.63, 3.8) is 0 Å². The second kappa shape index (κ2) is 4.31. The van der Waals surface area contributed by atoms with Gasteiger partial charge in [-0.25, -0.2) is 0 Å². The van der Waals surface area contributed by atoms with Gasteiger partial charge >= 0.3 is 0 Å². The molecule has 2 aliphatic rings. The van der Waals surface area contributed by atoms with E-state index in [1.165, 1.54) is 23.2 Å². The maximum atomic E-state index is 5.22. The maximum Gasteiger partial charge on any atom is 0.0713 e. The first-order chi connectivity index (χ1) is 8.29. The fraction of sp³-hybridized carbons (Fsp3) is 0.571. The van der Waals surface area contributed by atoms with Crippen LogP contribution < -0.4 is 10.2 Å². The summed E-state index contributed by atoms with van der Waals surface area (Å²) < 4.78 is 5.22. The summed E-state index contributed by atoms with van der Waals surface area (Å²) in [6, 6.07) is 8.01. The molecule has 0 radical (unpaired) electrons. The van der Waals surface area contributed by atoms with Crippen molar-refractivity contribution in [3.8, 4) is 0 Å². The molecule has 3 nitrogen and oxygen atoms in total. The van der Waals surface area contributed by atoms with Gasteiger partial charge in [0.25, 0.3) is 0 Å². The molecule has 0 amide bonds. The molecule has 92 valence electrons. The highest BCUT2D eigenvalue weighted by Crippen LogP contribution is 2.35. The largest absolute Gasteiger partial charge is 0.380 e. The first-order valence-electron chi connectivity index (χ1n) is 6.39. The van der Waals surface area contributed by atoms with E-state index < -0.39 is 0 Å². The molecular weight excluding hydrogens is 212 g/mol. The molecule has 3 rings (SSSR count). The van der Waals surface area contributed by atoms with Crippen molar-refractivity contribution in [3.05, 3.63) is 29.3 Å². The van der Waals surface area contributed by atoms with Crippen LogP contribution in [0, 0.1) is 0 Å². The van der Waals surface area contributed by atoms with Crippen molar-refractivity contribution in [1.82, 2.24) is 5.32 Å². The highest BCUT2D eigenvalue weighted by Gasteiger charge is 2.34. The van der Waals surface area contributed by atoms with Crippen LogP contribution in [-0.2, 0) is 17.8 Å². The number of rotatable bonds is 2. The quantitative estimate of drug-likeness (QED) is 0.837. The highest BCUT2D eigenvalue weighted by molar-refractivity contribution is 5.62. The Morgan fingerprint density at radius 2 is 2.29 bits per heavy atom. The van der Waals surface area contributed by atoms with Crippen LogP contribution >= 0.6 is 0 Å². The molecule has 2 unspecified atom stereocenters. The van der Waals surface area contributed by atoms with Gasteiger partial charge in [-0.05, 0) is 30.5 Å². The van der Waals surface area contributed by atoms with E-state index in [2.05, 4.69) is 35.3 Å². The monoisotopic (exact) mass is 232 g/mol. The number of anilines is 1. The average molecular weight is 232 g/mol. The van der Waals surface area contributed by atoms with Gasteiger partial charge in [-0.1, -0.05) is 12.1 Å². The molecule has 0 aliphatic carbocycles. The van der Waals surface area contributed by atoms with Crippen LogP contribution in [0.2, 0.25) is 0 Å². The predicted octanol–water partition coefficient (Wildman–Crippen LogP) is 1.56. The van der Waals surface area contributed by atoms with Gasteiger partial charge in [-0.3, -0.25) is 0 Å². The minimum absolute atomic E-state index is 0.591. The zero-order valence-corrected chi connectivity index (χ0v) is 10.6. The van der Waals surface area contributed by atoms with Gasteiger partial charge in [0.1, 0.15) is 0 Å². The number of hydrogen-bond donors (Lipinski definition) is 1. The van der Waals surface area contributed by atoms with E-state index in [0.717, 1.165) is 13.1 Å². The van der Waals surface area contributed by atoms with E-state index >= 15 is 0 Å². The van der Waals surface area contributed by atoms with Crippen LogP contribution in [0.1, 0.15) is 18.1 Å². The molecule has 0 spiro atoms. The molecule has 2 atom stereocenters. The molecule has 2 aliphatic heterocycles. The lowest BCUT2D eigenvalue weighted by Gasteiger charge is -2.38. The lowest BCUT2D eigenvalue weighted by Crippen LogP contribution is -2.54. The van der Waals surface area contributed by atoms with Crippen molar-refractivity contribution >= 4 is 5.69 Å². The normalized spacial score (nSPS) is 26.8. The molecule has 1 N–H and O–H groups in total. The number of methoxy groups -OCH3 is 1. The highest BCUT2D eigenvalue weighted by atomic mass is 16.5. The lowest BCUT2D eigenvalue weighted by molar-refractivity contribution is 0.185. The van der Waals surface area contributed by atoms with E-state index in [4.69, 9.17) is 4.74 Å². The van der Waals surface area contributed by atoms with Crippen LogP contribution in [0.5, 0.6) is 0 Å². The third-order valence-electron chi connectivity index (χ3n) is 3.88. The van der Waals surface area contributed by atoms with Gasteiger partial charge in [0, 0.05) is 38.0 Å². The third kappa shape index (κ3) is 1.83. The Balaban J connectivity index is 1.95. The van der Waals surface area contributed by atoms with Crippen molar-refractivity contribution < 1.29 is 4.74 Å². The van der Waals surface area contributed by atoms with Gasteiger partial charge in [0.05, 0.1) is 6.61 Å². The van der Waals surface area contributed by atoms with Crippen molar-refractivity contribution in [1.29, 1.82) is 0 Å². The molecule has 3 heteroatoms. The third-order valence-corrected chi connectivity index (χ3v) is 3.88. The number of benzene rings is 1. The first kappa shape index (κ1) is 11.1. The number of nitrogens with zero attached hydrogens (tertiary/aromatic N) is 1. The number of ether oxygens (including phenoxy) is 1. The summed E-state index contributed by atoms with van der Waals surface area (Å²) in [6.07, 6.45) is 1.18. The van der Waals surface area contributed by atoms with Crippen molar-refractivity contribution in [2.45, 2.75) is 32.0 Å². The lowest BCUT2D eigenvalue weighted by atomic mass is 10.1. The smallest absolute Gasteiger partial charge is 0.0713 e. The Bertz CT molecular complexity index is 419. The van der Waals surface area contributed by atoms with Gasteiger partial charge in [0.15, 0.2) is 0 Å². The summed E-state index contributed by atoms with van der Waals surface area (Å²) in [7, 11) is 1.75. The number of fused-ring (bicyclic) bond motifs is 3. The standard InChI is InChI=1S/C14H20N2O/c1-10-7-15-8-13-6-12-4-3-11(9-17-2)5-14(12)16(10)13/h3-5,10,13,15H,6-9H2,1-2H3. The number of piperazine rings is 1. The summed E-state index contributed by atoms with van der Waals surface area (Å²) in [5, 5.41) is 3.51. The molecule has 0 bridgehead atoms. The van der Waals surface area contributed by atoms with Crippen LogP contribution in [0.3, 0.4) is 0 Å². The number of hydrogen-bond acceptors (Lipinski definition) is 3. The van der Waals surface area contributed by atoms with E-state index in [-0.39, 0.29) is 0 Å². The van der Waals surface area contributed by atoms with E-state index in [1.54, 1.807) is 7.11 Å². The Morgan fingerprint density at radius 3 is 3.12 bits per heavy atom. The van der Waals surface area contributed by atoms with E-state index in [0.29, 0.717) is 18.7 Å². The van der Waals surface area contributed by atoms with Crippen LogP contribution in [0.15, 0.2) is 18.2 Å². The molecule has 17 heavy (non-hydrogen) atoms. The molecule has 1 fully saturated rings. The van der Waals surface area contributed by atoms with E-state index in [1.807, 2.05) is 0 Å². The Hall–Kier alpha value is -1.06. The van der Waals surface area contributed by atoms with E-state index in [9.17, 15) is 0 Å². The summed E-state index contributed by atoms with van der Waals surface area (Å²) in [5.41, 5.74) is 4.20. The Labute approximate surface area is 103 Å². The summed E-state index contributed by atoms with van der Waals surface area (Å²) in [5.74, 6) is 0. The van der Waals surface area contributed by atoms with Gasteiger partial charge in [-0.2, -0.15) is 0 Å². The Kier molecular flexibility index (Phi) is 2.81. The Morgan fingerprint density at radius 1 is 1.41 bits per heavy atom. The fourth-order valence-corrected chi connectivity index (χ4v) is 3.15. The SMILES string of the molecule is COCc1ccc2c(c1)N1C(C)CNCC1C2. The summed E-state index contributed by atoms with van der Waals surface area (Å²) >= 11 is 0. The minimum Gasteiger partial charge on any atom is -0.380 e. The molecule has 0 saturated carbocycles. The molecule has 1 saturated heterocycles. The number of nitrogens with one attached hydrogen (secondary N) is 1. The zero-order chi connectivity index (χ0) is 11.8. The average Bonchev–Trinajstić information content (AvgIpc) is 2.68. The predicted molar refractivity (Wildman–Crippen MR) is 69.5 cm³/mol. The summed E-state index contributed by atoms with van der Waals surface area (Å²) in [4.78, 5) is 2.59. The second-order valence-electron chi connectivity index (χ2n) is 5.17. The molecule has 1 aromatic carbocycles. The molecule has 2 heterocycles.